The molecule has 0 spiro atoms. The van der Waals surface area contributed by atoms with Gasteiger partial charge in [0.25, 0.3) is 0 Å². The second-order valence-corrected chi connectivity index (χ2v) is 9.28. The second-order valence-electron chi connectivity index (χ2n) is 9.28. The van der Waals surface area contributed by atoms with E-state index in [1.807, 2.05) is 12.3 Å². The summed E-state index contributed by atoms with van der Waals surface area (Å²) in [5, 5.41) is 2.45. The van der Waals surface area contributed by atoms with Gasteiger partial charge in [0, 0.05) is 28.1 Å². The lowest BCUT2D eigenvalue weighted by molar-refractivity contribution is 1.08. The van der Waals surface area contributed by atoms with Crippen molar-refractivity contribution in [3.05, 3.63) is 146 Å². The molecular formula is C35H24N2. The highest BCUT2D eigenvalue weighted by molar-refractivity contribution is 6.15. The third-order valence-corrected chi connectivity index (χ3v) is 7.04. The molecule has 5 aromatic carbocycles. The van der Waals surface area contributed by atoms with E-state index in [1.165, 1.54) is 44.1 Å². The van der Waals surface area contributed by atoms with Gasteiger partial charge in [0.1, 0.15) is 5.82 Å². The fourth-order valence-electron chi connectivity index (χ4n) is 5.29. The summed E-state index contributed by atoms with van der Waals surface area (Å²) in [4.78, 5) is 4.98. The van der Waals surface area contributed by atoms with Crippen molar-refractivity contribution < 1.29 is 0 Å². The molecule has 0 atom stereocenters. The van der Waals surface area contributed by atoms with Gasteiger partial charge in [-0.1, -0.05) is 109 Å². The van der Waals surface area contributed by atoms with E-state index in [2.05, 4.69) is 138 Å². The zero-order valence-corrected chi connectivity index (χ0v) is 20.3. The van der Waals surface area contributed by atoms with Crippen LogP contribution in [-0.4, -0.2) is 9.55 Å². The van der Waals surface area contributed by atoms with Gasteiger partial charge in [0.2, 0.25) is 0 Å². The molecule has 7 aromatic rings. The zero-order chi connectivity index (χ0) is 24.6. The standard InChI is InChI=1S/C35H24N2/c1-4-12-25(13-5-1)28-20-21-34(36-24-28)37-33-19-11-10-18-30(33)32-23-29(26-14-6-2-7-15-26)22-31(35(32)37)27-16-8-3-9-17-27/h1-24H. The van der Waals surface area contributed by atoms with Crippen molar-refractivity contribution in [2.75, 3.05) is 0 Å². The molecule has 0 bridgehead atoms. The van der Waals surface area contributed by atoms with Crippen LogP contribution in [0.4, 0.5) is 0 Å². The van der Waals surface area contributed by atoms with Crippen molar-refractivity contribution in [1.29, 1.82) is 0 Å². The van der Waals surface area contributed by atoms with E-state index < -0.39 is 0 Å². The smallest absolute Gasteiger partial charge is 0.137 e. The van der Waals surface area contributed by atoms with E-state index >= 15 is 0 Å². The van der Waals surface area contributed by atoms with Crippen LogP contribution in [0.5, 0.6) is 0 Å². The minimum Gasteiger partial charge on any atom is -0.293 e. The fraction of sp³-hybridized carbons (Fsp3) is 0. The number of hydrogen-bond acceptors (Lipinski definition) is 1. The summed E-state index contributed by atoms with van der Waals surface area (Å²) in [6.07, 6.45) is 1.98. The lowest BCUT2D eigenvalue weighted by atomic mass is 9.95. The van der Waals surface area contributed by atoms with E-state index in [0.29, 0.717) is 0 Å². The van der Waals surface area contributed by atoms with Gasteiger partial charge >= 0.3 is 0 Å². The highest BCUT2D eigenvalue weighted by Crippen LogP contribution is 2.41. The number of hydrogen-bond donors (Lipinski definition) is 0. The predicted octanol–water partition coefficient (Wildman–Crippen LogP) is 9.18. The lowest BCUT2D eigenvalue weighted by Gasteiger charge is -2.13. The average molecular weight is 473 g/mol. The first-order valence-corrected chi connectivity index (χ1v) is 12.6. The van der Waals surface area contributed by atoms with Gasteiger partial charge in [-0.2, -0.15) is 0 Å². The Kier molecular flexibility index (Phi) is 5.15. The molecule has 0 aliphatic rings. The van der Waals surface area contributed by atoms with Crippen LogP contribution in [0, 0.1) is 0 Å². The third-order valence-electron chi connectivity index (χ3n) is 7.04. The summed E-state index contributed by atoms with van der Waals surface area (Å²) in [5.74, 6) is 0.913. The number of aromatic nitrogens is 2. The summed E-state index contributed by atoms with van der Waals surface area (Å²) in [6.45, 7) is 0. The third kappa shape index (κ3) is 3.71. The van der Waals surface area contributed by atoms with Crippen molar-refractivity contribution in [3.63, 3.8) is 0 Å². The van der Waals surface area contributed by atoms with Gasteiger partial charge < -0.3 is 0 Å². The number of rotatable bonds is 4. The van der Waals surface area contributed by atoms with E-state index in [4.69, 9.17) is 4.98 Å². The Labute approximate surface area is 216 Å². The molecular weight excluding hydrogens is 448 g/mol. The second kappa shape index (κ2) is 8.92. The van der Waals surface area contributed by atoms with Crippen molar-refractivity contribution in [2.45, 2.75) is 0 Å². The first-order valence-electron chi connectivity index (χ1n) is 12.6. The molecule has 0 aliphatic heterocycles. The van der Waals surface area contributed by atoms with Gasteiger partial charge in [-0.25, -0.2) is 4.98 Å². The summed E-state index contributed by atoms with van der Waals surface area (Å²) >= 11 is 0. The van der Waals surface area contributed by atoms with Crippen LogP contribution in [0.2, 0.25) is 0 Å². The molecule has 0 fully saturated rings. The monoisotopic (exact) mass is 472 g/mol. The molecule has 0 saturated heterocycles. The number of para-hydroxylation sites is 1. The molecule has 37 heavy (non-hydrogen) atoms. The van der Waals surface area contributed by atoms with E-state index in [-0.39, 0.29) is 0 Å². The minimum atomic E-state index is 0.913. The lowest BCUT2D eigenvalue weighted by Crippen LogP contribution is -1.99. The summed E-state index contributed by atoms with van der Waals surface area (Å²) in [7, 11) is 0. The van der Waals surface area contributed by atoms with Gasteiger partial charge in [-0.15, -0.1) is 0 Å². The van der Waals surface area contributed by atoms with Crippen LogP contribution in [-0.2, 0) is 0 Å². The molecule has 7 rings (SSSR count). The number of pyridine rings is 1. The zero-order valence-electron chi connectivity index (χ0n) is 20.3. The maximum atomic E-state index is 4.98. The highest BCUT2D eigenvalue weighted by atomic mass is 15.1. The predicted molar refractivity (Wildman–Crippen MR) is 155 cm³/mol. The molecule has 2 heterocycles. The van der Waals surface area contributed by atoms with Crippen LogP contribution < -0.4 is 0 Å². The Hall–Kier alpha value is -4.95. The van der Waals surface area contributed by atoms with Gasteiger partial charge in [0.15, 0.2) is 0 Å². The molecule has 0 N–H and O–H groups in total. The number of fused-ring (bicyclic) bond motifs is 3. The average Bonchev–Trinajstić information content (AvgIpc) is 3.32. The number of nitrogens with zero attached hydrogens (tertiary/aromatic N) is 2. The molecule has 0 saturated carbocycles. The Morgan fingerprint density at radius 3 is 1.68 bits per heavy atom. The Bertz CT molecular complexity index is 1830. The largest absolute Gasteiger partial charge is 0.293 e. The van der Waals surface area contributed by atoms with Crippen molar-refractivity contribution in [1.82, 2.24) is 9.55 Å². The normalized spacial score (nSPS) is 11.2. The van der Waals surface area contributed by atoms with Crippen LogP contribution in [0.1, 0.15) is 0 Å². The van der Waals surface area contributed by atoms with E-state index in [1.54, 1.807) is 0 Å². The van der Waals surface area contributed by atoms with Crippen molar-refractivity contribution >= 4 is 21.8 Å². The highest BCUT2D eigenvalue weighted by Gasteiger charge is 2.19. The molecule has 2 nitrogen and oxygen atoms in total. The molecule has 0 radical (unpaired) electrons. The van der Waals surface area contributed by atoms with E-state index in [9.17, 15) is 0 Å². The Morgan fingerprint density at radius 2 is 1.03 bits per heavy atom. The Balaban J connectivity index is 1.54. The van der Waals surface area contributed by atoms with Gasteiger partial charge in [0.05, 0.1) is 11.0 Å². The maximum absolute atomic E-state index is 4.98. The molecule has 174 valence electrons. The topological polar surface area (TPSA) is 17.8 Å². The molecule has 0 unspecified atom stereocenters. The quantitative estimate of drug-likeness (QED) is 0.250. The summed E-state index contributed by atoms with van der Waals surface area (Å²) in [5.41, 5.74) is 9.41. The van der Waals surface area contributed by atoms with Crippen LogP contribution in [0.3, 0.4) is 0 Å². The van der Waals surface area contributed by atoms with Crippen molar-refractivity contribution in [3.8, 4) is 39.2 Å². The fourth-order valence-corrected chi connectivity index (χ4v) is 5.29. The van der Waals surface area contributed by atoms with Crippen LogP contribution >= 0.6 is 0 Å². The van der Waals surface area contributed by atoms with Gasteiger partial charge in [-0.3, -0.25) is 4.57 Å². The van der Waals surface area contributed by atoms with Crippen LogP contribution in [0.15, 0.2) is 146 Å². The molecule has 0 amide bonds. The summed E-state index contributed by atoms with van der Waals surface area (Å²) in [6, 6.07) is 49.3. The molecule has 2 heteroatoms. The van der Waals surface area contributed by atoms with Gasteiger partial charge in [-0.05, 0) is 52.6 Å². The van der Waals surface area contributed by atoms with Crippen molar-refractivity contribution in [2.24, 2.45) is 0 Å². The minimum absolute atomic E-state index is 0.913. The van der Waals surface area contributed by atoms with Crippen LogP contribution in [0.25, 0.3) is 61.0 Å². The summed E-state index contributed by atoms with van der Waals surface area (Å²) < 4.78 is 2.32. The van der Waals surface area contributed by atoms with E-state index in [0.717, 1.165) is 16.9 Å². The molecule has 2 aromatic heterocycles. The Morgan fingerprint density at radius 1 is 0.432 bits per heavy atom. The SMILES string of the molecule is c1ccc(-c2ccc(-n3c4ccccc4c4cc(-c5ccccc5)cc(-c5ccccc5)c43)nc2)cc1. The molecule has 0 aliphatic carbocycles. The number of benzene rings is 5. The first-order chi connectivity index (χ1) is 18.4. The maximum Gasteiger partial charge on any atom is 0.137 e. The first kappa shape index (κ1) is 21.3.